The molecule has 0 amide bonds. The number of rotatable bonds is 4. The fraction of sp³-hybridized carbons (Fsp3) is 0.423. The molecular formula is C26H28F6N4O5. The number of alkyl halides is 6. The fourth-order valence-electron chi connectivity index (χ4n) is 4.52. The number of halogens is 6. The van der Waals surface area contributed by atoms with E-state index in [9.17, 15) is 26.3 Å². The molecule has 0 aliphatic carbocycles. The fourth-order valence-corrected chi connectivity index (χ4v) is 4.52. The SMILES string of the molecule is O=C(O)C(F)(F)F.O=C(O)C(F)(F)F.c1cncc(C(CN2CCc3[nH]c4ccccc4c3C2)N2CCOCC2)c1. The van der Waals surface area contributed by atoms with Gasteiger partial charge in [-0.25, -0.2) is 9.59 Å². The largest absolute Gasteiger partial charge is 0.490 e. The van der Waals surface area contributed by atoms with Gasteiger partial charge in [0.1, 0.15) is 0 Å². The highest BCUT2D eigenvalue weighted by Gasteiger charge is 2.39. The van der Waals surface area contributed by atoms with Crippen molar-refractivity contribution in [2.45, 2.75) is 31.4 Å². The van der Waals surface area contributed by atoms with Crippen molar-refractivity contribution in [3.63, 3.8) is 0 Å². The molecule has 1 saturated heterocycles. The van der Waals surface area contributed by atoms with E-state index in [1.165, 1.54) is 27.7 Å². The maximum Gasteiger partial charge on any atom is 0.490 e. The molecular weight excluding hydrogens is 562 g/mol. The molecule has 3 N–H and O–H groups in total. The van der Waals surface area contributed by atoms with Crippen LogP contribution in [0, 0.1) is 0 Å². The van der Waals surface area contributed by atoms with Crippen LogP contribution in [0.4, 0.5) is 26.3 Å². The zero-order valence-corrected chi connectivity index (χ0v) is 21.6. The molecule has 9 nitrogen and oxygen atoms in total. The van der Waals surface area contributed by atoms with Gasteiger partial charge in [-0.3, -0.25) is 14.8 Å². The summed E-state index contributed by atoms with van der Waals surface area (Å²) in [6.45, 7) is 6.77. The summed E-state index contributed by atoms with van der Waals surface area (Å²) in [5.74, 6) is -5.51. The van der Waals surface area contributed by atoms with E-state index in [0.29, 0.717) is 6.04 Å². The van der Waals surface area contributed by atoms with Crippen LogP contribution in [0.5, 0.6) is 0 Å². The number of H-pyrrole nitrogens is 1. The molecule has 224 valence electrons. The summed E-state index contributed by atoms with van der Waals surface area (Å²) in [7, 11) is 0. The van der Waals surface area contributed by atoms with Gasteiger partial charge in [0.05, 0.1) is 13.2 Å². The summed E-state index contributed by atoms with van der Waals surface area (Å²) in [4.78, 5) is 31.0. The van der Waals surface area contributed by atoms with Gasteiger partial charge < -0.3 is 19.9 Å². The zero-order valence-electron chi connectivity index (χ0n) is 21.6. The van der Waals surface area contributed by atoms with E-state index in [-0.39, 0.29) is 0 Å². The minimum absolute atomic E-state index is 0.370. The first kappa shape index (κ1) is 31.8. The lowest BCUT2D eigenvalue weighted by Crippen LogP contribution is -2.44. The highest BCUT2D eigenvalue weighted by Crippen LogP contribution is 2.30. The Bertz CT molecular complexity index is 1270. The van der Waals surface area contributed by atoms with Crippen LogP contribution in [0.1, 0.15) is 22.9 Å². The second-order valence-electron chi connectivity index (χ2n) is 9.17. The Morgan fingerprint density at radius 3 is 2.12 bits per heavy atom. The molecule has 2 aromatic heterocycles. The Morgan fingerprint density at radius 2 is 1.56 bits per heavy atom. The number of hydrogen-bond acceptors (Lipinski definition) is 6. The van der Waals surface area contributed by atoms with Crippen LogP contribution >= 0.6 is 0 Å². The first-order valence-electron chi connectivity index (χ1n) is 12.4. The molecule has 0 bridgehead atoms. The van der Waals surface area contributed by atoms with Crippen LogP contribution in [0.3, 0.4) is 0 Å². The molecule has 41 heavy (non-hydrogen) atoms. The molecule has 4 heterocycles. The lowest BCUT2D eigenvalue weighted by molar-refractivity contribution is -0.193. The van der Waals surface area contributed by atoms with Crippen molar-refractivity contribution in [1.82, 2.24) is 19.8 Å². The molecule has 0 saturated carbocycles. The Balaban J connectivity index is 0.000000276. The molecule has 1 unspecified atom stereocenters. The third-order valence-corrected chi connectivity index (χ3v) is 6.43. The average Bonchev–Trinajstić information content (AvgIpc) is 3.30. The Hall–Kier alpha value is -3.69. The highest BCUT2D eigenvalue weighted by atomic mass is 19.4. The number of aromatic amines is 1. The van der Waals surface area contributed by atoms with E-state index < -0.39 is 24.3 Å². The summed E-state index contributed by atoms with van der Waals surface area (Å²) in [5.41, 5.74) is 5.46. The van der Waals surface area contributed by atoms with Gasteiger partial charge in [0.25, 0.3) is 0 Å². The second kappa shape index (κ2) is 13.8. The van der Waals surface area contributed by atoms with E-state index in [1.54, 1.807) is 0 Å². The molecule has 5 rings (SSSR count). The molecule has 1 aromatic carbocycles. The van der Waals surface area contributed by atoms with Crippen LogP contribution in [-0.2, 0) is 27.3 Å². The Kier molecular flexibility index (Phi) is 10.7. The van der Waals surface area contributed by atoms with E-state index in [4.69, 9.17) is 24.5 Å². The number of carboxylic acids is 2. The molecule has 2 aliphatic rings. The number of carbonyl (C=O) groups is 2. The number of morpholine rings is 1. The van der Waals surface area contributed by atoms with E-state index in [1.807, 2.05) is 12.4 Å². The van der Waals surface area contributed by atoms with Crippen molar-refractivity contribution in [3.05, 3.63) is 65.6 Å². The molecule has 0 radical (unpaired) electrons. The van der Waals surface area contributed by atoms with Crippen molar-refractivity contribution < 1.29 is 50.9 Å². The molecule has 1 fully saturated rings. The number of aromatic nitrogens is 2. The van der Waals surface area contributed by atoms with Gasteiger partial charge >= 0.3 is 24.3 Å². The van der Waals surface area contributed by atoms with Crippen molar-refractivity contribution >= 4 is 22.8 Å². The molecule has 3 aromatic rings. The van der Waals surface area contributed by atoms with E-state index in [2.05, 4.69) is 56.2 Å². The van der Waals surface area contributed by atoms with Crippen LogP contribution in [-0.4, -0.2) is 93.7 Å². The third-order valence-electron chi connectivity index (χ3n) is 6.43. The predicted octanol–water partition coefficient (Wildman–Crippen LogP) is 4.26. The smallest absolute Gasteiger partial charge is 0.475 e. The van der Waals surface area contributed by atoms with Gasteiger partial charge in [-0.2, -0.15) is 26.3 Å². The number of pyridine rings is 1. The van der Waals surface area contributed by atoms with Crippen LogP contribution < -0.4 is 0 Å². The maximum atomic E-state index is 10.6. The number of nitrogens with zero attached hydrogens (tertiary/aromatic N) is 3. The molecule has 2 aliphatic heterocycles. The number of hydrogen-bond donors (Lipinski definition) is 3. The van der Waals surface area contributed by atoms with Crippen LogP contribution in [0.25, 0.3) is 10.9 Å². The van der Waals surface area contributed by atoms with Gasteiger partial charge in [0, 0.05) is 74.2 Å². The summed E-state index contributed by atoms with van der Waals surface area (Å²) in [6, 6.07) is 13.3. The number of fused-ring (bicyclic) bond motifs is 3. The minimum atomic E-state index is -5.08. The first-order chi connectivity index (χ1) is 19.3. The maximum absolute atomic E-state index is 10.6. The summed E-state index contributed by atoms with van der Waals surface area (Å²) >= 11 is 0. The number of benzene rings is 1. The van der Waals surface area contributed by atoms with Gasteiger partial charge in [-0.05, 0) is 23.3 Å². The second-order valence-corrected chi connectivity index (χ2v) is 9.17. The lowest BCUT2D eigenvalue weighted by atomic mass is 10.0. The van der Waals surface area contributed by atoms with Crippen molar-refractivity contribution in [2.24, 2.45) is 0 Å². The number of ether oxygens (including phenoxy) is 1. The Labute approximate surface area is 230 Å². The quantitative estimate of drug-likeness (QED) is 0.386. The molecule has 0 spiro atoms. The van der Waals surface area contributed by atoms with Crippen molar-refractivity contribution in [2.75, 3.05) is 39.4 Å². The molecule has 15 heteroatoms. The average molecular weight is 591 g/mol. The summed E-state index contributed by atoms with van der Waals surface area (Å²) in [5, 5.41) is 15.6. The lowest BCUT2D eigenvalue weighted by Gasteiger charge is -2.38. The Morgan fingerprint density at radius 1 is 0.951 bits per heavy atom. The monoisotopic (exact) mass is 590 g/mol. The topological polar surface area (TPSA) is 119 Å². The van der Waals surface area contributed by atoms with Gasteiger partial charge in [-0.1, -0.05) is 24.3 Å². The molecule has 1 atom stereocenters. The van der Waals surface area contributed by atoms with Crippen LogP contribution in [0.2, 0.25) is 0 Å². The van der Waals surface area contributed by atoms with Gasteiger partial charge in [0.2, 0.25) is 0 Å². The zero-order chi connectivity index (χ0) is 30.2. The number of aliphatic carboxylic acids is 2. The summed E-state index contributed by atoms with van der Waals surface area (Å²) in [6.07, 6.45) is -5.19. The van der Waals surface area contributed by atoms with Crippen molar-refractivity contribution in [3.8, 4) is 0 Å². The van der Waals surface area contributed by atoms with Gasteiger partial charge in [0.15, 0.2) is 0 Å². The van der Waals surface area contributed by atoms with Crippen molar-refractivity contribution in [1.29, 1.82) is 0 Å². The van der Waals surface area contributed by atoms with E-state index in [0.717, 1.165) is 52.4 Å². The van der Waals surface area contributed by atoms with Gasteiger partial charge in [-0.15, -0.1) is 0 Å². The number of para-hydroxylation sites is 1. The minimum Gasteiger partial charge on any atom is -0.475 e. The normalized spacial score (nSPS) is 16.9. The van der Waals surface area contributed by atoms with E-state index >= 15 is 0 Å². The third kappa shape index (κ3) is 9.16. The predicted molar refractivity (Wildman–Crippen MR) is 134 cm³/mol. The number of carboxylic acid groups (broad SMARTS) is 2. The highest BCUT2D eigenvalue weighted by molar-refractivity contribution is 5.84. The van der Waals surface area contributed by atoms with Crippen LogP contribution in [0.15, 0.2) is 48.8 Å². The summed E-state index contributed by atoms with van der Waals surface area (Å²) < 4.78 is 69.1. The standard InChI is InChI=1S/C22H26N4O.2C2HF3O2/c1-2-6-20-18(5-1)19-15-25(9-7-21(19)24-20)16-22(17-4-3-8-23-14-17)26-10-12-27-13-11-26;2*3-2(4,5)1(6)7/h1-6,8,14,22,24H,7,9-13,15-16H2;2*(H,6,7). The number of nitrogens with one attached hydrogen (secondary N) is 1. The first-order valence-corrected chi connectivity index (χ1v) is 12.4.